The lowest BCUT2D eigenvalue weighted by molar-refractivity contribution is -0.129. The zero-order valence-corrected chi connectivity index (χ0v) is 16.9. The number of hydrogen-bond donors (Lipinski definition) is 0. The molecule has 1 aromatic carbocycles. The number of nitrogens with zero attached hydrogens (tertiary/aromatic N) is 4. The summed E-state index contributed by atoms with van der Waals surface area (Å²) in [7, 11) is 0. The molecule has 27 heavy (non-hydrogen) atoms. The average molecular weight is 385 g/mol. The molecule has 1 saturated carbocycles. The predicted molar refractivity (Wildman–Crippen MR) is 108 cm³/mol. The Morgan fingerprint density at radius 1 is 1.15 bits per heavy atom. The summed E-state index contributed by atoms with van der Waals surface area (Å²) in [5.41, 5.74) is 2.65. The number of benzene rings is 1. The molecule has 2 aromatic rings. The lowest BCUT2D eigenvalue weighted by Crippen LogP contribution is -2.37. The van der Waals surface area contributed by atoms with Gasteiger partial charge < -0.3 is 9.47 Å². The molecule has 1 aromatic heterocycles. The molecule has 0 saturated heterocycles. The van der Waals surface area contributed by atoms with E-state index >= 15 is 0 Å². The van der Waals surface area contributed by atoms with Crippen LogP contribution < -0.4 is 0 Å². The van der Waals surface area contributed by atoms with Crippen LogP contribution in [0.25, 0.3) is 0 Å². The molecule has 1 aliphatic carbocycles. The van der Waals surface area contributed by atoms with Crippen LogP contribution in [0.2, 0.25) is 0 Å². The summed E-state index contributed by atoms with van der Waals surface area (Å²) in [6.07, 6.45) is 7.30. The number of carbonyl (C=O) groups is 1. The second-order valence-electron chi connectivity index (χ2n) is 7.54. The normalized spacial score (nSPS) is 17.7. The highest BCUT2D eigenvalue weighted by molar-refractivity contribution is 7.99. The molecule has 144 valence electrons. The molecular formula is C21H28N4OS. The van der Waals surface area contributed by atoms with Gasteiger partial charge in [0.15, 0.2) is 5.16 Å². The summed E-state index contributed by atoms with van der Waals surface area (Å²) in [6.45, 7) is 4.54. The molecule has 6 heteroatoms. The van der Waals surface area contributed by atoms with Gasteiger partial charge in [-0.25, -0.2) is 0 Å². The van der Waals surface area contributed by atoms with Crippen LogP contribution >= 0.6 is 11.8 Å². The molecule has 0 radical (unpaired) electrons. The van der Waals surface area contributed by atoms with Crippen LogP contribution in [-0.2, 0) is 24.3 Å². The van der Waals surface area contributed by atoms with Gasteiger partial charge in [-0.15, -0.1) is 10.2 Å². The minimum atomic E-state index is 0.194. The fraction of sp³-hybridized carbons (Fsp3) is 0.571. The van der Waals surface area contributed by atoms with Gasteiger partial charge >= 0.3 is 0 Å². The third kappa shape index (κ3) is 4.05. The van der Waals surface area contributed by atoms with Crippen LogP contribution in [0.4, 0.5) is 0 Å². The maximum Gasteiger partial charge on any atom is 0.233 e. The molecule has 2 heterocycles. The zero-order chi connectivity index (χ0) is 18.6. The van der Waals surface area contributed by atoms with E-state index in [9.17, 15) is 4.79 Å². The molecule has 4 rings (SSSR count). The minimum absolute atomic E-state index is 0.194. The molecule has 0 unspecified atom stereocenters. The Morgan fingerprint density at radius 2 is 1.93 bits per heavy atom. The maximum absolute atomic E-state index is 12.7. The first-order valence-corrected chi connectivity index (χ1v) is 11.1. The van der Waals surface area contributed by atoms with Gasteiger partial charge in [0.05, 0.1) is 5.75 Å². The fourth-order valence-corrected chi connectivity index (χ4v) is 5.21. The second kappa shape index (κ2) is 8.46. The standard InChI is InChI=1S/C21H28N4OS/c1-2-25-20(17-9-4-3-5-10-17)22-23-21(25)27-15-19(26)24-13-12-16-8-6-7-11-18(16)14-24/h6-8,11,17H,2-5,9-10,12-15H2,1H3. The molecule has 1 amide bonds. The summed E-state index contributed by atoms with van der Waals surface area (Å²) >= 11 is 1.54. The minimum Gasteiger partial charge on any atom is -0.337 e. The van der Waals surface area contributed by atoms with Crippen molar-refractivity contribution < 1.29 is 4.79 Å². The fourth-order valence-electron chi connectivity index (χ4n) is 4.29. The lowest BCUT2D eigenvalue weighted by Gasteiger charge is -2.28. The number of rotatable bonds is 5. The molecule has 5 nitrogen and oxygen atoms in total. The van der Waals surface area contributed by atoms with Crippen LogP contribution in [0.3, 0.4) is 0 Å². The third-order valence-electron chi connectivity index (χ3n) is 5.84. The summed E-state index contributed by atoms with van der Waals surface area (Å²) < 4.78 is 2.22. The second-order valence-corrected chi connectivity index (χ2v) is 8.49. The van der Waals surface area contributed by atoms with Crippen LogP contribution in [0.15, 0.2) is 29.4 Å². The van der Waals surface area contributed by atoms with Gasteiger partial charge in [0.1, 0.15) is 5.82 Å². The summed E-state index contributed by atoms with van der Waals surface area (Å²) in [6, 6.07) is 8.43. The zero-order valence-electron chi connectivity index (χ0n) is 16.1. The highest BCUT2D eigenvalue weighted by Crippen LogP contribution is 2.33. The third-order valence-corrected chi connectivity index (χ3v) is 6.79. The summed E-state index contributed by atoms with van der Waals surface area (Å²) in [5, 5.41) is 9.81. The maximum atomic E-state index is 12.7. The number of amides is 1. The SMILES string of the molecule is CCn1c(SCC(=O)N2CCc3ccccc3C2)nnc1C1CCCCC1. The lowest BCUT2D eigenvalue weighted by atomic mass is 9.89. The largest absolute Gasteiger partial charge is 0.337 e. The Morgan fingerprint density at radius 3 is 2.70 bits per heavy atom. The molecular weight excluding hydrogens is 356 g/mol. The molecule has 0 N–H and O–H groups in total. The van der Waals surface area contributed by atoms with Crippen molar-refractivity contribution in [3.8, 4) is 0 Å². The Labute approximate surface area is 165 Å². The topological polar surface area (TPSA) is 51.0 Å². The Kier molecular flexibility index (Phi) is 5.81. The first-order valence-electron chi connectivity index (χ1n) is 10.2. The number of carbonyl (C=O) groups excluding carboxylic acids is 1. The first kappa shape index (κ1) is 18.5. The van der Waals surface area contributed by atoms with E-state index in [1.807, 2.05) is 4.90 Å². The van der Waals surface area contributed by atoms with Crippen LogP contribution in [0.1, 0.15) is 61.9 Å². The van der Waals surface area contributed by atoms with E-state index in [-0.39, 0.29) is 5.91 Å². The Balaban J connectivity index is 1.39. The number of fused-ring (bicyclic) bond motifs is 1. The Hall–Kier alpha value is -1.82. The van der Waals surface area contributed by atoms with Crippen LogP contribution in [0, 0.1) is 0 Å². The van der Waals surface area contributed by atoms with Crippen molar-refractivity contribution in [3.63, 3.8) is 0 Å². The number of hydrogen-bond acceptors (Lipinski definition) is 4. The van der Waals surface area contributed by atoms with Crippen molar-refractivity contribution in [1.29, 1.82) is 0 Å². The van der Waals surface area contributed by atoms with Gasteiger partial charge in [-0.05, 0) is 37.3 Å². The highest BCUT2D eigenvalue weighted by atomic mass is 32.2. The van der Waals surface area contributed by atoms with E-state index in [2.05, 4.69) is 46.0 Å². The molecule has 2 aliphatic rings. The quantitative estimate of drug-likeness (QED) is 0.731. The molecule has 1 aliphatic heterocycles. The highest BCUT2D eigenvalue weighted by Gasteiger charge is 2.24. The van der Waals surface area contributed by atoms with Crippen molar-refractivity contribution in [2.75, 3.05) is 12.3 Å². The van der Waals surface area contributed by atoms with E-state index < -0.39 is 0 Å². The molecule has 0 bridgehead atoms. The predicted octanol–water partition coefficient (Wildman–Crippen LogP) is 4.02. The van der Waals surface area contributed by atoms with Gasteiger partial charge in [0.25, 0.3) is 0 Å². The molecule has 1 fully saturated rings. The van der Waals surface area contributed by atoms with Gasteiger partial charge in [0, 0.05) is 25.6 Å². The van der Waals surface area contributed by atoms with Gasteiger partial charge in [-0.1, -0.05) is 55.3 Å². The molecule has 0 atom stereocenters. The van der Waals surface area contributed by atoms with Crippen molar-refractivity contribution in [3.05, 3.63) is 41.2 Å². The van der Waals surface area contributed by atoms with Gasteiger partial charge in [-0.2, -0.15) is 0 Å². The average Bonchev–Trinajstić information content (AvgIpc) is 3.15. The van der Waals surface area contributed by atoms with Crippen molar-refractivity contribution in [2.45, 2.75) is 69.6 Å². The van der Waals surface area contributed by atoms with E-state index in [0.717, 1.165) is 37.0 Å². The Bertz CT molecular complexity index is 797. The van der Waals surface area contributed by atoms with E-state index in [4.69, 9.17) is 0 Å². The number of aromatic nitrogens is 3. The van der Waals surface area contributed by atoms with Crippen molar-refractivity contribution in [2.24, 2.45) is 0 Å². The first-order chi connectivity index (χ1) is 13.3. The van der Waals surface area contributed by atoms with Gasteiger partial charge in [0.2, 0.25) is 5.91 Å². The molecule has 0 spiro atoms. The smallest absolute Gasteiger partial charge is 0.233 e. The van der Waals surface area contributed by atoms with Crippen molar-refractivity contribution in [1.82, 2.24) is 19.7 Å². The number of thioether (sulfide) groups is 1. The summed E-state index contributed by atoms with van der Waals surface area (Å²) in [5.74, 6) is 2.29. The van der Waals surface area contributed by atoms with E-state index in [0.29, 0.717) is 11.7 Å². The monoisotopic (exact) mass is 384 g/mol. The van der Waals surface area contributed by atoms with E-state index in [1.54, 1.807) is 0 Å². The summed E-state index contributed by atoms with van der Waals surface area (Å²) in [4.78, 5) is 14.7. The van der Waals surface area contributed by atoms with Crippen LogP contribution in [0.5, 0.6) is 0 Å². The van der Waals surface area contributed by atoms with E-state index in [1.165, 1.54) is 55.0 Å². The van der Waals surface area contributed by atoms with Crippen molar-refractivity contribution >= 4 is 17.7 Å². The van der Waals surface area contributed by atoms with Crippen LogP contribution in [-0.4, -0.2) is 37.9 Å². The van der Waals surface area contributed by atoms with Gasteiger partial charge in [-0.3, -0.25) is 4.79 Å².